The Balaban J connectivity index is 1.70. The van der Waals surface area contributed by atoms with Gasteiger partial charge in [0.15, 0.2) is 17.7 Å². The van der Waals surface area contributed by atoms with Crippen molar-refractivity contribution in [2.45, 2.75) is 26.4 Å². The third-order valence-electron chi connectivity index (χ3n) is 3.69. The van der Waals surface area contributed by atoms with E-state index >= 15 is 0 Å². The lowest BCUT2D eigenvalue weighted by Crippen LogP contribution is -2.26. The van der Waals surface area contributed by atoms with Crippen LogP contribution < -0.4 is 9.47 Å². The number of benzene rings is 2. The summed E-state index contributed by atoms with van der Waals surface area (Å²) < 4.78 is 31.1. The van der Waals surface area contributed by atoms with Crippen molar-refractivity contribution in [1.82, 2.24) is 9.97 Å². The monoisotopic (exact) mass is 448 g/mol. The van der Waals surface area contributed by atoms with Gasteiger partial charge in [0.05, 0.1) is 23.8 Å². The van der Waals surface area contributed by atoms with Crippen molar-refractivity contribution in [3.8, 4) is 17.4 Å². The van der Waals surface area contributed by atoms with Gasteiger partial charge < -0.3 is 14.2 Å². The molecule has 1 unspecified atom stereocenters. The summed E-state index contributed by atoms with van der Waals surface area (Å²) in [6.07, 6.45) is 1.25. The SMILES string of the molecule is CCCOC(=O)C(C)Oc1ccc(Oc2cnc3cc(Br)ccc3n2)cc1F. The number of fused-ring (bicyclic) bond motifs is 1. The van der Waals surface area contributed by atoms with Crippen LogP contribution in [0.25, 0.3) is 11.0 Å². The molecule has 0 aliphatic heterocycles. The van der Waals surface area contributed by atoms with Gasteiger partial charge in [0.2, 0.25) is 5.88 Å². The normalized spacial score (nSPS) is 11.9. The third kappa shape index (κ3) is 4.95. The average molecular weight is 449 g/mol. The van der Waals surface area contributed by atoms with Crippen LogP contribution in [0.4, 0.5) is 4.39 Å². The van der Waals surface area contributed by atoms with E-state index in [0.717, 1.165) is 10.5 Å². The molecule has 0 radical (unpaired) electrons. The van der Waals surface area contributed by atoms with Crippen LogP contribution >= 0.6 is 15.9 Å². The lowest BCUT2D eigenvalue weighted by Gasteiger charge is -2.14. The van der Waals surface area contributed by atoms with E-state index in [1.165, 1.54) is 25.3 Å². The minimum atomic E-state index is -0.918. The van der Waals surface area contributed by atoms with Crippen molar-refractivity contribution in [2.75, 3.05) is 6.61 Å². The number of esters is 1. The van der Waals surface area contributed by atoms with Crippen LogP contribution in [0.5, 0.6) is 17.4 Å². The number of nitrogens with zero attached hydrogens (tertiary/aromatic N) is 2. The molecule has 3 rings (SSSR count). The van der Waals surface area contributed by atoms with Crippen LogP contribution in [-0.4, -0.2) is 28.6 Å². The number of carbonyl (C=O) groups is 1. The van der Waals surface area contributed by atoms with Gasteiger partial charge in [0.25, 0.3) is 0 Å². The van der Waals surface area contributed by atoms with Gasteiger partial charge in [-0.25, -0.2) is 19.2 Å². The molecule has 8 heteroatoms. The zero-order valence-electron chi connectivity index (χ0n) is 15.3. The van der Waals surface area contributed by atoms with Gasteiger partial charge in [0.1, 0.15) is 5.75 Å². The molecule has 0 fully saturated rings. The van der Waals surface area contributed by atoms with E-state index in [-0.39, 0.29) is 17.4 Å². The van der Waals surface area contributed by atoms with E-state index in [1.807, 2.05) is 19.1 Å². The van der Waals surface area contributed by atoms with E-state index in [1.54, 1.807) is 6.07 Å². The Bertz CT molecular complexity index is 999. The molecular formula is C20H18BrFN2O4. The summed E-state index contributed by atoms with van der Waals surface area (Å²) in [7, 11) is 0. The number of hydrogen-bond donors (Lipinski definition) is 0. The highest BCUT2D eigenvalue weighted by Crippen LogP contribution is 2.27. The van der Waals surface area contributed by atoms with E-state index in [9.17, 15) is 9.18 Å². The molecule has 0 saturated carbocycles. The van der Waals surface area contributed by atoms with Crippen LogP contribution in [0, 0.1) is 5.82 Å². The Hall–Kier alpha value is -2.74. The summed E-state index contributed by atoms with van der Waals surface area (Å²) in [5.74, 6) is -0.802. The second-order valence-corrected chi connectivity index (χ2v) is 6.88. The van der Waals surface area contributed by atoms with E-state index in [0.29, 0.717) is 24.1 Å². The van der Waals surface area contributed by atoms with E-state index < -0.39 is 17.9 Å². The highest BCUT2D eigenvalue weighted by atomic mass is 79.9. The van der Waals surface area contributed by atoms with Crippen molar-refractivity contribution in [3.63, 3.8) is 0 Å². The van der Waals surface area contributed by atoms with Crippen LogP contribution in [0.3, 0.4) is 0 Å². The molecule has 1 atom stereocenters. The highest BCUT2D eigenvalue weighted by Gasteiger charge is 2.18. The third-order valence-corrected chi connectivity index (χ3v) is 4.19. The molecule has 146 valence electrons. The fourth-order valence-corrected chi connectivity index (χ4v) is 2.69. The fourth-order valence-electron chi connectivity index (χ4n) is 2.34. The predicted octanol–water partition coefficient (Wildman–Crippen LogP) is 5.04. The lowest BCUT2D eigenvalue weighted by molar-refractivity contribution is -0.151. The molecule has 0 aliphatic rings. The Morgan fingerprint density at radius 1 is 1.21 bits per heavy atom. The van der Waals surface area contributed by atoms with Gasteiger partial charge in [0, 0.05) is 10.5 Å². The second kappa shape index (κ2) is 8.97. The number of carbonyl (C=O) groups excluding carboxylic acids is 1. The summed E-state index contributed by atoms with van der Waals surface area (Å²) >= 11 is 3.38. The summed E-state index contributed by atoms with van der Waals surface area (Å²) in [5.41, 5.74) is 1.36. The lowest BCUT2D eigenvalue weighted by atomic mass is 10.3. The van der Waals surface area contributed by atoms with Gasteiger partial charge in [-0.1, -0.05) is 22.9 Å². The van der Waals surface area contributed by atoms with Crippen LogP contribution in [0.1, 0.15) is 20.3 Å². The highest BCUT2D eigenvalue weighted by molar-refractivity contribution is 9.10. The zero-order valence-corrected chi connectivity index (χ0v) is 16.9. The molecule has 28 heavy (non-hydrogen) atoms. The van der Waals surface area contributed by atoms with Gasteiger partial charge in [-0.2, -0.15) is 0 Å². The number of aromatic nitrogens is 2. The molecule has 1 heterocycles. The number of hydrogen-bond acceptors (Lipinski definition) is 6. The summed E-state index contributed by atoms with van der Waals surface area (Å²) in [4.78, 5) is 20.4. The second-order valence-electron chi connectivity index (χ2n) is 5.96. The van der Waals surface area contributed by atoms with Crippen molar-refractivity contribution < 1.29 is 23.4 Å². The minimum Gasteiger partial charge on any atom is -0.476 e. The minimum absolute atomic E-state index is 0.0669. The summed E-state index contributed by atoms with van der Waals surface area (Å²) in [6.45, 7) is 3.69. The smallest absolute Gasteiger partial charge is 0.347 e. The van der Waals surface area contributed by atoms with Crippen molar-refractivity contribution in [3.05, 3.63) is 52.9 Å². The quantitative estimate of drug-likeness (QED) is 0.471. The number of ether oxygens (including phenoxy) is 3. The molecule has 0 saturated heterocycles. The summed E-state index contributed by atoms with van der Waals surface area (Å²) in [5, 5.41) is 0. The van der Waals surface area contributed by atoms with E-state index in [2.05, 4.69) is 25.9 Å². The molecule has 6 nitrogen and oxygen atoms in total. The molecule has 2 aromatic carbocycles. The molecule has 0 N–H and O–H groups in total. The van der Waals surface area contributed by atoms with Crippen LogP contribution in [0.2, 0.25) is 0 Å². The fraction of sp³-hybridized carbons (Fsp3) is 0.250. The molecular weight excluding hydrogens is 431 g/mol. The molecule has 0 aliphatic carbocycles. The van der Waals surface area contributed by atoms with E-state index in [4.69, 9.17) is 14.2 Å². The molecule has 0 amide bonds. The molecule has 0 spiro atoms. The standard InChI is InChI=1S/C20H18BrFN2O4/c1-3-8-26-20(25)12(2)27-18-7-5-14(10-15(18)22)28-19-11-23-17-9-13(21)4-6-16(17)24-19/h4-7,9-12H,3,8H2,1-2H3. The number of halogens is 2. The zero-order chi connectivity index (χ0) is 20.1. The molecule has 1 aromatic heterocycles. The average Bonchev–Trinajstić information content (AvgIpc) is 2.68. The topological polar surface area (TPSA) is 70.5 Å². The molecule has 3 aromatic rings. The largest absolute Gasteiger partial charge is 0.476 e. The Kier molecular flexibility index (Phi) is 6.41. The maximum Gasteiger partial charge on any atom is 0.347 e. The van der Waals surface area contributed by atoms with Crippen molar-refractivity contribution in [2.24, 2.45) is 0 Å². The predicted molar refractivity (Wildman–Crippen MR) is 105 cm³/mol. The first-order valence-corrected chi connectivity index (χ1v) is 9.48. The van der Waals surface area contributed by atoms with Gasteiger partial charge >= 0.3 is 5.97 Å². The van der Waals surface area contributed by atoms with Crippen molar-refractivity contribution in [1.29, 1.82) is 0 Å². The van der Waals surface area contributed by atoms with Gasteiger partial charge in [-0.05, 0) is 43.7 Å². The van der Waals surface area contributed by atoms with Gasteiger partial charge in [-0.15, -0.1) is 0 Å². The first-order chi connectivity index (χ1) is 13.5. The van der Waals surface area contributed by atoms with Crippen LogP contribution in [-0.2, 0) is 9.53 Å². The summed E-state index contributed by atoms with van der Waals surface area (Å²) in [6, 6.07) is 9.56. The van der Waals surface area contributed by atoms with Crippen LogP contribution in [0.15, 0.2) is 47.1 Å². The first-order valence-electron chi connectivity index (χ1n) is 8.69. The number of rotatable bonds is 7. The first kappa shape index (κ1) is 20.0. The van der Waals surface area contributed by atoms with Gasteiger partial charge in [-0.3, -0.25) is 0 Å². The molecule has 0 bridgehead atoms. The maximum atomic E-state index is 14.3. The Morgan fingerprint density at radius 3 is 2.79 bits per heavy atom. The Morgan fingerprint density at radius 2 is 2.04 bits per heavy atom. The Labute approximate surface area is 169 Å². The maximum absolute atomic E-state index is 14.3. The van der Waals surface area contributed by atoms with Crippen molar-refractivity contribution >= 4 is 32.9 Å².